The van der Waals surface area contributed by atoms with Gasteiger partial charge < -0.3 is 14.2 Å². The van der Waals surface area contributed by atoms with Crippen LogP contribution in [0.4, 0.5) is 0 Å². The van der Waals surface area contributed by atoms with Crippen LogP contribution in [0.5, 0.6) is 11.5 Å². The summed E-state index contributed by atoms with van der Waals surface area (Å²) in [7, 11) is 1.68. The fourth-order valence-corrected chi connectivity index (χ4v) is 4.82. The van der Waals surface area contributed by atoms with Gasteiger partial charge in [0.2, 0.25) is 0 Å². The number of hydrogen-bond donors (Lipinski definition) is 0. The van der Waals surface area contributed by atoms with Gasteiger partial charge in [-0.05, 0) is 50.5 Å². The molecule has 0 bridgehead atoms. The Labute approximate surface area is 192 Å². The van der Waals surface area contributed by atoms with Crippen molar-refractivity contribution in [1.82, 2.24) is 0 Å². The molecule has 0 atom stereocenters. The number of fused-ring (bicyclic) bond motifs is 1. The van der Waals surface area contributed by atoms with Crippen LogP contribution in [0.3, 0.4) is 0 Å². The van der Waals surface area contributed by atoms with Crippen LogP contribution >= 0.6 is 0 Å². The van der Waals surface area contributed by atoms with Crippen molar-refractivity contribution in [2.75, 3.05) is 20.3 Å². The first kappa shape index (κ1) is 19.8. The summed E-state index contributed by atoms with van der Waals surface area (Å²) >= 11 is 0. The molecule has 6 rings (SSSR count). The van der Waals surface area contributed by atoms with E-state index in [4.69, 9.17) is 14.2 Å². The van der Waals surface area contributed by atoms with E-state index in [9.17, 15) is 0 Å². The quantitative estimate of drug-likeness (QED) is 0.195. The molecule has 0 heterocycles. The summed E-state index contributed by atoms with van der Waals surface area (Å²) in [5.41, 5.74) is 1.05. The Morgan fingerprint density at radius 2 is 1.18 bits per heavy atom. The van der Waals surface area contributed by atoms with Gasteiger partial charge >= 0.3 is 0 Å². The van der Waals surface area contributed by atoms with Gasteiger partial charge in [0.25, 0.3) is 0 Å². The van der Waals surface area contributed by atoms with Crippen molar-refractivity contribution >= 4 is 43.1 Å². The number of ether oxygens (including phenoxy) is 3. The lowest BCUT2D eigenvalue weighted by molar-refractivity contribution is 0.145. The molecule has 0 amide bonds. The molecular formula is C30H24O3. The van der Waals surface area contributed by atoms with Crippen LogP contribution in [0.15, 0.2) is 91.0 Å². The molecule has 6 aromatic carbocycles. The summed E-state index contributed by atoms with van der Waals surface area (Å²) in [4.78, 5) is 0. The maximum atomic E-state index is 6.49. The Kier molecular flexibility index (Phi) is 4.97. The molecule has 0 fully saturated rings. The fraction of sp³-hybridized carbons (Fsp3) is 0.133. The second kappa shape index (κ2) is 8.27. The smallest absolute Gasteiger partial charge is 0.127 e. The van der Waals surface area contributed by atoms with Gasteiger partial charge in [0, 0.05) is 23.4 Å². The van der Waals surface area contributed by atoms with E-state index in [0.29, 0.717) is 19.8 Å². The van der Waals surface area contributed by atoms with E-state index in [2.05, 4.69) is 84.9 Å². The van der Waals surface area contributed by atoms with E-state index in [1.54, 1.807) is 7.11 Å². The number of rotatable bonds is 7. The van der Waals surface area contributed by atoms with Gasteiger partial charge in [0.1, 0.15) is 24.7 Å². The molecule has 0 saturated carbocycles. The molecule has 0 saturated heterocycles. The minimum atomic E-state index is 0.424. The molecule has 0 aromatic heterocycles. The third-order valence-corrected chi connectivity index (χ3v) is 6.40. The zero-order valence-corrected chi connectivity index (χ0v) is 18.5. The SMILES string of the molecule is COCCOc1ccc2ccccc2c1COc1ccc2ccc3cccc4ccc1c2c34. The average Bonchev–Trinajstić information content (AvgIpc) is 2.87. The highest BCUT2D eigenvalue weighted by molar-refractivity contribution is 6.24. The first-order valence-electron chi connectivity index (χ1n) is 11.3. The number of methoxy groups -OCH3 is 1. The van der Waals surface area contributed by atoms with Crippen LogP contribution < -0.4 is 9.47 Å². The molecule has 3 nitrogen and oxygen atoms in total. The predicted octanol–water partition coefficient (Wildman–Crippen LogP) is 7.34. The predicted molar refractivity (Wildman–Crippen MR) is 136 cm³/mol. The van der Waals surface area contributed by atoms with Crippen LogP contribution in [0.25, 0.3) is 43.1 Å². The molecule has 0 aliphatic rings. The zero-order valence-electron chi connectivity index (χ0n) is 18.5. The number of hydrogen-bond acceptors (Lipinski definition) is 3. The van der Waals surface area contributed by atoms with E-state index in [-0.39, 0.29) is 0 Å². The van der Waals surface area contributed by atoms with Crippen molar-refractivity contribution in [3.05, 3.63) is 96.6 Å². The lowest BCUT2D eigenvalue weighted by Crippen LogP contribution is -2.07. The highest BCUT2D eigenvalue weighted by Gasteiger charge is 2.14. The topological polar surface area (TPSA) is 27.7 Å². The summed E-state index contributed by atoms with van der Waals surface area (Å²) in [5.74, 6) is 1.72. The van der Waals surface area contributed by atoms with Gasteiger partial charge in [-0.2, -0.15) is 0 Å². The van der Waals surface area contributed by atoms with Gasteiger partial charge in [-0.25, -0.2) is 0 Å². The van der Waals surface area contributed by atoms with Crippen molar-refractivity contribution in [3.63, 3.8) is 0 Å². The Balaban J connectivity index is 1.43. The van der Waals surface area contributed by atoms with Gasteiger partial charge in [0.05, 0.1) is 6.61 Å². The molecule has 0 N–H and O–H groups in total. The molecule has 3 heteroatoms. The van der Waals surface area contributed by atoms with E-state index < -0.39 is 0 Å². The van der Waals surface area contributed by atoms with Gasteiger partial charge in [-0.1, -0.05) is 72.8 Å². The maximum absolute atomic E-state index is 6.49. The Morgan fingerprint density at radius 1 is 0.515 bits per heavy atom. The van der Waals surface area contributed by atoms with Crippen molar-refractivity contribution in [2.45, 2.75) is 6.61 Å². The largest absolute Gasteiger partial charge is 0.491 e. The molecule has 33 heavy (non-hydrogen) atoms. The van der Waals surface area contributed by atoms with Gasteiger partial charge in [0.15, 0.2) is 0 Å². The summed E-state index contributed by atoms with van der Waals surface area (Å²) in [5, 5.41) is 9.76. The molecule has 0 unspecified atom stereocenters. The van der Waals surface area contributed by atoms with Crippen molar-refractivity contribution in [3.8, 4) is 11.5 Å². The Hall–Kier alpha value is -3.82. The van der Waals surface area contributed by atoms with Crippen molar-refractivity contribution < 1.29 is 14.2 Å². The summed E-state index contributed by atoms with van der Waals surface area (Å²) in [6.07, 6.45) is 0. The van der Waals surface area contributed by atoms with Crippen LogP contribution in [-0.2, 0) is 11.3 Å². The fourth-order valence-electron chi connectivity index (χ4n) is 4.82. The van der Waals surface area contributed by atoms with E-state index in [1.165, 1.54) is 32.3 Å². The van der Waals surface area contributed by atoms with Crippen molar-refractivity contribution in [1.29, 1.82) is 0 Å². The number of benzene rings is 6. The normalized spacial score (nSPS) is 11.7. The standard InChI is InChI=1S/C30H24O3/c1-31-17-18-32-28-15-12-20-5-2-3-8-24(20)26(28)19-33-27-16-13-23-10-9-21-6-4-7-22-11-14-25(27)30(23)29(21)22/h2-16H,17-19H2,1H3. The molecule has 0 radical (unpaired) electrons. The first-order valence-corrected chi connectivity index (χ1v) is 11.3. The zero-order chi connectivity index (χ0) is 22.2. The highest BCUT2D eigenvalue weighted by Crippen LogP contribution is 2.39. The van der Waals surface area contributed by atoms with Gasteiger partial charge in [-0.3, -0.25) is 0 Å². The van der Waals surface area contributed by atoms with E-state index in [1.807, 2.05) is 6.07 Å². The maximum Gasteiger partial charge on any atom is 0.127 e. The van der Waals surface area contributed by atoms with Crippen molar-refractivity contribution in [2.24, 2.45) is 0 Å². The van der Waals surface area contributed by atoms with Crippen LogP contribution in [0.1, 0.15) is 5.56 Å². The van der Waals surface area contributed by atoms with Crippen LogP contribution in [-0.4, -0.2) is 20.3 Å². The molecular weight excluding hydrogens is 408 g/mol. The third-order valence-electron chi connectivity index (χ3n) is 6.40. The monoisotopic (exact) mass is 432 g/mol. The van der Waals surface area contributed by atoms with E-state index >= 15 is 0 Å². The summed E-state index contributed by atoms with van der Waals surface area (Å²) in [6.45, 7) is 1.47. The third kappa shape index (κ3) is 3.42. The second-order valence-corrected chi connectivity index (χ2v) is 8.31. The van der Waals surface area contributed by atoms with Crippen LogP contribution in [0.2, 0.25) is 0 Å². The van der Waals surface area contributed by atoms with Crippen LogP contribution in [0, 0.1) is 0 Å². The highest BCUT2D eigenvalue weighted by atomic mass is 16.5. The lowest BCUT2D eigenvalue weighted by atomic mass is 9.94. The lowest BCUT2D eigenvalue weighted by Gasteiger charge is -2.17. The minimum absolute atomic E-state index is 0.424. The summed E-state index contributed by atoms with van der Waals surface area (Å²) in [6, 6.07) is 31.9. The minimum Gasteiger partial charge on any atom is -0.491 e. The molecule has 0 aliphatic heterocycles. The Bertz CT molecular complexity index is 1570. The molecule has 0 spiro atoms. The molecule has 162 valence electrons. The Morgan fingerprint density at radius 3 is 2.03 bits per heavy atom. The van der Waals surface area contributed by atoms with E-state index in [0.717, 1.165) is 27.8 Å². The van der Waals surface area contributed by atoms with Gasteiger partial charge in [-0.15, -0.1) is 0 Å². The second-order valence-electron chi connectivity index (χ2n) is 8.31. The first-order chi connectivity index (χ1) is 16.3. The molecule has 0 aliphatic carbocycles. The molecule has 6 aromatic rings. The summed E-state index contributed by atoms with van der Waals surface area (Å²) < 4.78 is 17.7. The average molecular weight is 433 g/mol.